The van der Waals surface area contributed by atoms with Crippen LogP contribution in [-0.4, -0.2) is 0 Å². The highest BCUT2D eigenvalue weighted by Gasteiger charge is 2.30. The van der Waals surface area contributed by atoms with Gasteiger partial charge < -0.3 is 0 Å². The Bertz CT molecular complexity index is 739. The normalized spacial score (nSPS) is 21.3. The Hall–Kier alpha value is -1.30. The highest BCUT2D eigenvalue weighted by atomic mass is 14.3. The van der Waals surface area contributed by atoms with Crippen LogP contribution in [0.15, 0.2) is 55.7 Å². The van der Waals surface area contributed by atoms with E-state index >= 15 is 0 Å². The first-order chi connectivity index (χ1) is 12.4. The molecule has 0 saturated carbocycles. The lowest BCUT2D eigenvalue weighted by molar-refractivity contribution is 0.372. The summed E-state index contributed by atoms with van der Waals surface area (Å²) in [7, 11) is 0. The van der Waals surface area contributed by atoms with Crippen LogP contribution in [0.25, 0.3) is 0 Å². The number of hydrogen-bond acceptors (Lipinski definition) is 0. The molecule has 0 spiro atoms. The fourth-order valence-corrected chi connectivity index (χ4v) is 4.63. The zero-order chi connectivity index (χ0) is 21.1. The minimum Gasteiger partial charge on any atom is -0.0704 e. The van der Waals surface area contributed by atoms with Crippen molar-refractivity contribution in [1.29, 1.82) is 0 Å². The summed E-state index contributed by atoms with van der Waals surface area (Å²) in [5.41, 5.74) is 15.1. The average Bonchev–Trinajstić information content (AvgIpc) is 2.62. The molecule has 0 unspecified atom stereocenters. The predicted octanol–water partition coefficient (Wildman–Crippen LogP) is 9.27. The van der Waals surface area contributed by atoms with Crippen molar-refractivity contribution in [2.45, 2.75) is 109 Å². The number of hydrogen-bond donors (Lipinski definition) is 0. The molecular formula is C27H44. The van der Waals surface area contributed by atoms with Gasteiger partial charge in [0.15, 0.2) is 0 Å². The smallest absolute Gasteiger partial charge is 0.0101 e. The molecule has 0 aliphatic heterocycles. The molecule has 152 valence electrons. The second-order valence-electron chi connectivity index (χ2n) is 9.40. The SMILES string of the molecule is CC/C(C)=C(C)/C(C)=C(C)/C(C)=C(C)\C(C)=C(/C)C1=C(C)CCCC1(C)C. The summed E-state index contributed by atoms with van der Waals surface area (Å²) in [5.74, 6) is 0. The monoisotopic (exact) mass is 368 g/mol. The quantitative estimate of drug-likeness (QED) is 0.424. The van der Waals surface area contributed by atoms with E-state index in [1.807, 2.05) is 0 Å². The summed E-state index contributed by atoms with van der Waals surface area (Å²) in [4.78, 5) is 0. The van der Waals surface area contributed by atoms with Crippen molar-refractivity contribution < 1.29 is 0 Å². The number of allylic oxidation sites excluding steroid dienone is 10. The molecule has 0 saturated heterocycles. The maximum Gasteiger partial charge on any atom is -0.0101 e. The fraction of sp³-hybridized carbons (Fsp3) is 0.630. The van der Waals surface area contributed by atoms with Crippen LogP contribution in [0.4, 0.5) is 0 Å². The second-order valence-corrected chi connectivity index (χ2v) is 9.40. The molecule has 0 radical (unpaired) electrons. The Morgan fingerprint density at radius 3 is 1.63 bits per heavy atom. The van der Waals surface area contributed by atoms with Crippen LogP contribution in [0.1, 0.15) is 109 Å². The molecule has 0 aromatic rings. The Balaban J connectivity index is 3.53. The van der Waals surface area contributed by atoms with Gasteiger partial charge in [0.25, 0.3) is 0 Å². The van der Waals surface area contributed by atoms with E-state index in [9.17, 15) is 0 Å². The zero-order valence-corrected chi connectivity index (χ0v) is 20.3. The summed E-state index contributed by atoms with van der Waals surface area (Å²) >= 11 is 0. The largest absolute Gasteiger partial charge is 0.0704 e. The Kier molecular flexibility index (Phi) is 8.14. The van der Waals surface area contributed by atoms with Gasteiger partial charge in [-0.15, -0.1) is 0 Å². The molecule has 0 atom stereocenters. The van der Waals surface area contributed by atoms with Crippen molar-refractivity contribution in [1.82, 2.24) is 0 Å². The molecule has 0 aromatic carbocycles. The van der Waals surface area contributed by atoms with Gasteiger partial charge in [0.2, 0.25) is 0 Å². The van der Waals surface area contributed by atoms with E-state index in [1.54, 1.807) is 11.1 Å². The molecule has 0 heterocycles. The van der Waals surface area contributed by atoms with Gasteiger partial charge in [-0.25, -0.2) is 0 Å². The van der Waals surface area contributed by atoms with Crippen molar-refractivity contribution in [3.63, 3.8) is 0 Å². The molecule has 0 aromatic heterocycles. The summed E-state index contributed by atoms with van der Waals surface area (Å²) in [6, 6.07) is 0. The van der Waals surface area contributed by atoms with Crippen LogP contribution in [0, 0.1) is 5.41 Å². The van der Waals surface area contributed by atoms with Gasteiger partial charge in [0.1, 0.15) is 0 Å². The van der Waals surface area contributed by atoms with Gasteiger partial charge in [-0.3, -0.25) is 0 Å². The standard InChI is InChI=1S/C27H44/c1-13-17(2)19(4)20(5)21(6)22(7)23(8)24(9)25(10)26-18(3)15-14-16-27(26,11)12/h13-16H2,1-12H3/b19-17+,21-20+,23-22-,25-24+. The van der Waals surface area contributed by atoms with Crippen molar-refractivity contribution in [2.24, 2.45) is 5.41 Å². The molecule has 0 heteroatoms. The molecule has 0 nitrogen and oxygen atoms in total. The average molecular weight is 369 g/mol. The molecular weight excluding hydrogens is 324 g/mol. The zero-order valence-electron chi connectivity index (χ0n) is 20.3. The van der Waals surface area contributed by atoms with E-state index in [0.29, 0.717) is 5.41 Å². The van der Waals surface area contributed by atoms with Crippen LogP contribution in [0.5, 0.6) is 0 Å². The lowest BCUT2D eigenvalue weighted by Crippen LogP contribution is -2.21. The van der Waals surface area contributed by atoms with Crippen LogP contribution < -0.4 is 0 Å². The first-order valence-electron chi connectivity index (χ1n) is 10.8. The van der Waals surface area contributed by atoms with E-state index < -0.39 is 0 Å². The third-order valence-electron chi connectivity index (χ3n) is 7.38. The van der Waals surface area contributed by atoms with Gasteiger partial charge in [-0.1, -0.05) is 31.9 Å². The summed E-state index contributed by atoms with van der Waals surface area (Å²) in [6.07, 6.45) is 5.00. The molecule has 1 rings (SSSR count). The molecule has 27 heavy (non-hydrogen) atoms. The topological polar surface area (TPSA) is 0 Å². The van der Waals surface area contributed by atoms with E-state index in [4.69, 9.17) is 0 Å². The first-order valence-corrected chi connectivity index (χ1v) is 10.8. The molecule has 0 N–H and O–H groups in total. The fourth-order valence-electron chi connectivity index (χ4n) is 4.63. The van der Waals surface area contributed by atoms with Crippen LogP contribution in [0.2, 0.25) is 0 Å². The Morgan fingerprint density at radius 2 is 1.19 bits per heavy atom. The maximum absolute atomic E-state index is 2.42. The van der Waals surface area contributed by atoms with E-state index in [2.05, 4.69) is 83.1 Å². The molecule has 0 fully saturated rings. The molecule has 1 aliphatic rings. The summed E-state index contributed by atoms with van der Waals surface area (Å²) in [6.45, 7) is 27.8. The summed E-state index contributed by atoms with van der Waals surface area (Å²) in [5, 5.41) is 0. The lowest BCUT2D eigenvalue weighted by Gasteiger charge is -2.36. The van der Waals surface area contributed by atoms with Crippen LogP contribution >= 0.6 is 0 Å². The molecule has 0 amide bonds. The van der Waals surface area contributed by atoms with Gasteiger partial charge in [-0.05, 0) is 138 Å². The van der Waals surface area contributed by atoms with E-state index in [0.717, 1.165) is 6.42 Å². The molecule has 1 aliphatic carbocycles. The third kappa shape index (κ3) is 5.15. The number of rotatable bonds is 5. The first kappa shape index (κ1) is 23.7. The predicted molar refractivity (Wildman–Crippen MR) is 124 cm³/mol. The highest BCUT2D eigenvalue weighted by molar-refractivity contribution is 5.52. The van der Waals surface area contributed by atoms with Gasteiger partial charge in [0.05, 0.1) is 0 Å². The summed E-state index contributed by atoms with van der Waals surface area (Å²) < 4.78 is 0. The van der Waals surface area contributed by atoms with Crippen LogP contribution in [-0.2, 0) is 0 Å². The van der Waals surface area contributed by atoms with Crippen molar-refractivity contribution >= 4 is 0 Å². The molecule has 0 bridgehead atoms. The second kappa shape index (κ2) is 9.26. The van der Waals surface area contributed by atoms with Gasteiger partial charge >= 0.3 is 0 Å². The minimum atomic E-state index is 0.292. The Labute approximate surface area is 170 Å². The Morgan fingerprint density at radius 1 is 0.741 bits per heavy atom. The maximum atomic E-state index is 2.42. The van der Waals surface area contributed by atoms with Gasteiger partial charge in [0, 0.05) is 0 Å². The van der Waals surface area contributed by atoms with Crippen molar-refractivity contribution in [3.05, 3.63) is 55.7 Å². The van der Waals surface area contributed by atoms with E-state index in [1.165, 1.54) is 63.8 Å². The van der Waals surface area contributed by atoms with E-state index in [-0.39, 0.29) is 0 Å². The van der Waals surface area contributed by atoms with Crippen molar-refractivity contribution in [2.75, 3.05) is 0 Å². The van der Waals surface area contributed by atoms with Crippen LogP contribution in [0.3, 0.4) is 0 Å². The highest BCUT2D eigenvalue weighted by Crippen LogP contribution is 2.45. The minimum absolute atomic E-state index is 0.292. The van der Waals surface area contributed by atoms with Crippen molar-refractivity contribution in [3.8, 4) is 0 Å². The van der Waals surface area contributed by atoms with Gasteiger partial charge in [-0.2, -0.15) is 0 Å². The lowest BCUT2D eigenvalue weighted by atomic mass is 9.69. The third-order valence-corrected chi connectivity index (χ3v) is 7.38.